The highest BCUT2D eigenvalue weighted by atomic mass is 16.6. The number of anilines is 2. The van der Waals surface area contributed by atoms with Crippen LogP contribution in [0, 0.1) is 6.07 Å². The van der Waals surface area contributed by atoms with Crippen LogP contribution in [0.3, 0.4) is 0 Å². The molecule has 0 bridgehead atoms. The Bertz CT molecular complexity index is 873. The van der Waals surface area contributed by atoms with Crippen LogP contribution in [0.4, 0.5) is 16.2 Å². The molecule has 2 amide bonds. The summed E-state index contributed by atoms with van der Waals surface area (Å²) in [6, 6.07) is 18.1. The number of hydrogen-bond acceptors (Lipinski definition) is 3. The number of rotatable bonds is 3. The number of ether oxygens (including phenoxy) is 1. The molecule has 0 aromatic heterocycles. The number of fused-ring (bicyclic) bond motifs is 1. The van der Waals surface area contributed by atoms with Crippen molar-refractivity contribution < 1.29 is 14.3 Å². The number of para-hydroxylation sites is 2. The first kappa shape index (κ1) is 20.9. The van der Waals surface area contributed by atoms with Crippen molar-refractivity contribution in [3.8, 4) is 0 Å². The van der Waals surface area contributed by atoms with Gasteiger partial charge in [-0.3, -0.25) is 9.69 Å². The van der Waals surface area contributed by atoms with Crippen LogP contribution in [-0.2, 0) is 9.53 Å². The average molecular weight is 394 g/mol. The van der Waals surface area contributed by atoms with Gasteiger partial charge in [-0.15, -0.1) is 0 Å². The van der Waals surface area contributed by atoms with Gasteiger partial charge in [0.2, 0.25) is 5.91 Å². The molecule has 2 aromatic carbocycles. The lowest BCUT2D eigenvalue weighted by molar-refractivity contribution is -0.118. The lowest BCUT2D eigenvalue weighted by Crippen LogP contribution is -2.48. The second-order valence-electron chi connectivity index (χ2n) is 8.37. The fourth-order valence-corrected chi connectivity index (χ4v) is 3.81. The van der Waals surface area contributed by atoms with E-state index in [1.807, 2.05) is 82.0 Å². The van der Waals surface area contributed by atoms with Crippen molar-refractivity contribution in [3.63, 3.8) is 0 Å². The van der Waals surface area contributed by atoms with Gasteiger partial charge in [0.15, 0.2) is 0 Å². The highest BCUT2D eigenvalue weighted by Crippen LogP contribution is 2.42. The van der Waals surface area contributed by atoms with Crippen LogP contribution in [0.15, 0.2) is 48.5 Å². The number of amides is 2. The second-order valence-corrected chi connectivity index (χ2v) is 8.37. The standard InChI is InChI=1S/C24H29N2O3/c1-6-22(27)25-17(2)16-21(19-14-10-11-15-20(19)25)26(18-12-8-7-9-13-18)23(28)29-24(3,4)5/h7-12,14-15,17,21H,6,16H2,1-5H3/t17-,21+/m0/s1. The van der Waals surface area contributed by atoms with Crippen molar-refractivity contribution in [3.05, 3.63) is 60.2 Å². The number of nitrogens with zero attached hydrogens (tertiary/aromatic N) is 2. The van der Waals surface area contributed by atoms with E-state index in [9.17, 15) is 9.59 Å². The molecule has 1 heterocycles. The van der Waals surface area contributed by atoms with Crippen LogP contribution in [0.25, 0.3) is 0 Å². The quantitative estimate of drug-likeness (QED) is 0.691. The van der Waals surface area contributed by atoms with E-state index in [0.717, 1.165) is 11.3 Å². The Labute approximate surface area is 173 Å². The van der Waals surface area contributed by atoms with Gasteiger partial charge in [-0.25, -0.2) is 4.79 Å². The molecule has 0 spiro atoms. The minimum atomic E-state index is -0.617. The van der Waals surface area contributed by atoms with Crippen LogP contribution in [0.1, 0.15) is 59.1 Å². The van der Waals surface area contributed by atoms with E-state index in [1.165, 1.54) is 0 Å². The van der Waals surface area contributed by atoms with Gasteiger partial charge in [0, 0.05) is 24.2 Å². The Balaban J connectivity index is 2.10. The van der Waals surface area contributed by atoms with Gasteiger partial charge in [-0.05, 0) is 51.8 Å². The van der Waals surface area contributed by atoms with E-state index < -0.39 is 11.7 Å². The number of carbonyl (C=O) groups excluding carboxylic acids is 2. The summed E-state index contributed by atoms with van der Waals surface area (Å²) in [4.78, 5) is 29.4. The molecule has 0 saturated heterocycles. The fraction of sp³-hybridized carbons (Fsp3) is 0.417. The summed E-state index contributed by atoms with van der Waals surface area (Å²) in [5.74, 6) is 0.0819. The molecule has 0 saturated carbocycles. The Morgan fingerprint density at radius 1 is 1.17 bits per heavy atom. The third kappa shape index (κ3) is 4.44. The molecule has 0 aliphatic carbocycles. The minimum Gasteiger partial charge on any atom is -0.443 e. The van der Waals surface area contributed by atoms with Gasteiger partial charge in [0.25, 0.3) is 0 Å². The van der Waals surface area contributed by atoms with Crippen LogP contribution in [0.2, 0.25) is 0 Å². The van der Waals surface area contributed by atoms with Crippen molar-refractivity contribution in [2.24, 2.45) is 0 Å². The van der Waals surface area contributed by atoms with Crippen molar-refractivity contribution in [1.29, 1.82) is 0 Å². The summed E-state index contributed by atoms with van der Waals surface area (Å²) in [6.45, 7) is 9.47. The first-order valence-corrected chi connectivity index (χ1v) is 10.1. The molecule has 29 heavy (non-hydrogen) atoms. The molecule has 3 rings (SSSR count). The molecule has 5 heteroatoms. The summed E-state index contributed by atoms with van der Waals surface area (Å²) in [5.41, 5.74) is 1.83. The van der Waals surface area contributed by atoms with Gasteiger partial charge in [0.1, 0.15) is 5.60 Å². The largest absolute Gasteiger partial charge is 0.443 e. The zero-order valence-corrected chi connectivity index (χ0v) is 17.8. The van der Waals surface area contributed by atoms with E-state index in [1.54, 1.807) is 11.0 Å². The van der Waals surface area contributed by atoms with Crippen molar-refractivity contribution >= 4 is 23.4 Å². The Kier molecular flexibility index (Phi) is 5.96. The van der Waals surface area contributed by atoms with E-state index in [4.69, 9.17) is 4.74 Å². The number of carbonyl (C=O) groups is 2. The molecule has 1 aliphatic heterocycles. The molecule has 153 valence electrons. The van der Waals surface area contributed by atoms with Crippen LogP contribution < -0.4 is 9.80 Å². The lowest BCUT2D eigenvalue weighted by Gasteiger charge is -2.43. The van der Waals surface area contributed by atoms with Gasteiger partial charge in [0.05, 0.1) is 11.7 Å². The maximum atomic E-state index is 13.2. The fourth-order valence-electron chi connectivity index (χ4n) is 3.81. The summed E-state index contributed by atoms with van der Waals surface area (Å²) in [5, 5.41) is 0. The third-order valence-electron chi connectivity index (χ3n) is 4.99. The highest BCUT2D eigenvalue weighted by molar-refractivity contribution is 5.96. The number of hydrogen-bond donors (Lipinski definition) is 0. The molecule has 1 aliphatic rings. The molecule has 1 radical (unpaired) electrons. The van der Waals surface area contributed by atoms with Crippen LogP contribution in [0.5, 0.6) is 0 Å². The van der Waals surface area contributed by atoms with E-state index in [2.05, 4.69) is 6.07 Å². The van der Waals surface area contributed by atoms with Gasteiger partial charge >= 0.3 is 6.09 Å². The molecule has 0 unspecified atom stereocenters. The first-order chi connectivity index (χ1) is 13.7. The molecule has 0 fully saturated rings. The Morgan fingerprint density at radius 2 is 1.86 bits per heavy atom. The Morgan fingerprint density at radius 3 is 2.48 bits per heavy atom. The topological polar surface area (TPSA) is 49.9 Å². The monoisotopic (exact) mass is 393 g/mol. The molecular formula is C24H29N2O3. The summed E-state index contributed by atoms with van der Waals surface area (Å²) in [6.07, 6.45) is 0.637. The van der Waals surface area contributed by atoms with Crippen molar-refractivity contribution in [2.75, 3.05) is 9.80 Å². The first-order valence-electron chi connectivity index (χ1n) is 10.1. The van der Waals surface area contributed by atoms with E-state index >= 15 is 0 Å². The minimum absolute atomic E-state index is 0.0454. The molecular weight excluding hydrogens is 364 g/mol. The van der Waals surface area contributed by atoms with Crippen molar-refractivity contribution in [2.45, 2.75) is 65.1 Å². The SMILES string of the molecule is CCC(=O)N1c2ccccc2[C@H](N(C(=O)OC(C)(C)C)c2[c]cccc2)C[C@@H]1C. The maximum Gasteiger partial charge on any atom is 0.415 e. The summed E-state index contributed by atoms with van der Waals surface area (Å²) < 4.78 is 5.74. The normalized spacial score (nSPS) is 18.7. The highest BCUT2D eigenvalue weighted by Gasteiger charge is 2.39. The predicted octanol–water partition coefficient (Wildman–Crippen LogP) is 5.50. The zero-order valence-electron chi connectivity index (χ0n) is 17.8. The van der Waals surface area contributed by atoms with E-state index in [0.29, 0.717) is 18.5 Å². The predicted molar refractivity (Wildman–Crippen MR) is 115 cm³/mol. The van der Waals surface area contributed by atoms with Gasteiger partial charge in [-0.2, -0.15) is 0 Å². The summed E-state index contributed by atoms with van der Waals surface area (Å²) >= 11 is 0. The lowest BCUT2D eigenvalue weighted by atomic mass is 9.90. The van der Waals surface area contributed by atoms with Gasteiger partial charge in [-0.1, -0.05) is 43.3 Å². The zero-order chi connectivity index (χ0) is 21.2. The molecule has 5 nitrogen and oxygen atoms in total. The van der Waals surface area contributed by atoms with Crippen LogP contribution >= 0.6 is 0 Å². The molecule has 0 N–H and O–H groups in total. The Hall–Kier alpha value is -2.82. The molecule has 2 aromatic rings. The summed E-state index contributed by atoms with van der Waals surface area (Å²) in [7, 11) is 0. The smallest absolute Gasteiger partial charge is 0.415 e. The third-order valence-corrected chi connectivity index (χ3v) is 4.99. The maximum absolute atomic E-state index is 13.2. The van der Waals surface area contributed by atoms with Gasteiger partial charge < -0.3 is 9.64 Å². The number of benzene rings is 2. The van der Waals surface area contributed by atoms with Crippen LogP contribution in [-0.4, -0.2) is 23.6 Å². The van der Waals surface area contributed by atoms with Crippen molar-refractivity contribution in [1.82, 2.24) is 0 Å². The average Bonchev–Trinajstić information content (AvgIpc) is 2.67. The second kappa shape index (κ2) is 8.27. The van der Waals surface area contributed by atoms with E-state index in [-0.39, 0.29) is 18.0 Å². The molecule has 2 atom stereocenters.